The van der Waals surface area contributed by atoms with E-state index < -0.39 is 0 Å². The van der Waals surface area contributed by atoms with Crippen LogP contribution in [-0.2, 0) is 10.8 Å². The molecule has 0 fully saturated rings. The van der Waals surface area contributed by atoms with Crippen LogP contribution in [0.5, 0.6) is 0 Å². The summed E-state index contributed by atoms with van der Waals surface area (Å²) in [6.07, 6.45) is 0. The van der Waals surface area contributed by atoms with Gasteiger partial charge in [-0.15, -0.1) is 0 Å². The van der Waals surface area contributed by atoms with Gasteiger partial charge in [0.25, 0.3) is 0 Å². The zero-order chi connectivity index (χ0) is 35.9. The largest absolute Gasteiger partial charge is 0.310 e. The van der Waals surface area contributed by atoms with Gasteiger partial charge in [0.15, 0.2) is 0 Å². The summed E-state index contributed by atoms with van der Waals surface area (Å²) in [5.41, 5.74) is 18.8. The van der Waals surface area contributed by atoms with E-state index in [0.29, 0.717) is 0 Å². The summed E-state index contributed by atoms with van der Waals surface area (Å²) in [6.45, 7) is 9.55. The summed E-state index contributed by atoms with van der Waals surface area (Å²) in [7, 11) is 0. The van der Waals surface area contributed by atoms with Crippen LogP contribution in [0.15, 0.2) is 176 Å². The van der Waals surface area contributed by atoms with Gasteiger partial charge in [-0.05, 0) is 108 Å². The van der Waals surface area contributed by atoms with Crippen LogP contribution in [-0.4, -0.2) is 0 Å². The second-order valence-corrected chi connectivity index (χ2v) is 15.8. The number of hydrogen-bond donors (Lipinski definition) is 0. The van der Waals surface area contributed by atoms with Gasteiger partial charge in [-0.25, -0.2) is 0 Å². The van der Waals surface area contributed by atoms with Crippen LogP contribution >= 0.6 is 0 Å². The first-order valence-electron chi connectivity index (χ1n) is 18.8. The highest BCUT2D eigenvalue weighted by Crippen LogP contribution is 2.58. The fourth-order valence-corrected chi connectivity index (χ4v) is 9.41. The maximum Gasteiger partial charge on any atom is 0.0549 e. The summed E-state index contributed by atoms with van der Waals surface area (Å²) in [5, 5.41) is 2.57. The third-order valence-corrected chi connectivity index (χ3v) is 12.0. The van der Waals surface area contributed by atoms with Gasteiger partial charge in [-0.1, -0.05) is 167 Å². The molecule has 1 heteroatoms. The molecular weight excluding hydrogens is 639 g/mol. The molecule has 1 nitrogen and oxygen atoms in total. The Morgan fingerprint density at radius 1 is 0.377 bits per heavy atom. The fraction of sp³-hybridized carbons (Fsp3) is 0.115. The average molecular weight is 680 g/mol. The molecule has 254 valence electrons. The summed E-state index contributed by atoms with van der Waals surface area (Å²) in [5.74, 6) is 0. The van der Waals surface area contributed by atoms with Gasteiger partial charge >= 0.3 is 0 Å². The zero-order valence-corrected chi connectivity index (χ0v) is 30.7. The van der Waals surface area contributed by atoms with Crippen molar-refractivity contribution in [1.29, 1.82) is 0 Å². The van der Waals surface area contributed by atoms with E-state index in [2.05, 4.69) is 209 Å². The summed E-state index contributed by atoms with van der Waals surface area (Å²) in [6, 6.07) is 65.3. The molecule has 0 radical (unpaired) electrons. The topological polar surface area (TPSA) is 3.24 Å². The summed E-state index contributed by atoms with van der Waals surface area (Å²) >= 11 is 0. The smallest absolute Gasteiger partial charge is 0.0549 e. The van der Waals surface area contributed by atoms with Crippen molar-refractivity contribution in [2.45, 2.75) is 38.5 Å². The first-order chi connectivity index (χ1) is 25.8. The van der Waals surface area contributed by atoms with E-state index >= 15 is 0 Å². The highest BCUT2D eigenvalue weighted by molar-refractivity contribution is 6.06. The predicted octanol–water partition coefficient (Wildman–Crippen LogP) is 14.3. The van der Waals surface area contributed by atoms with Gasteiger partial charge in [0.2, 0.25) is 0 Å². The third-order valence-electron chi connectivity index (χ3n) is 12.0. The molecule has 0 spiro atoms. The van der Waals surface area contributed by atoms with Gasteiger partial charge in [0.1, 0.15) is 0 Å². The molecule has 2 aliphatic rings. The lowest BCUT2D eigenvalue weighted by molar-refractivity contribution is 0.660. The van der Waals surface area contributed by atoms with Gasteiger partial charge < -0.3 is 4.90 Å². The Hall–Kier alpha value is -6.18. The van der Waals surface area contributed by atoms with Gasteiger partial charge in [-0.2, -0.15) is 0 Å². The van der Waals surface area contributed by atoms with Crippen molar-refractivity contribution in [2.75, 3.05) is 4.90 Å². The molecule has 0 saturated heterocycles. The number of rotatable bonds is 5. The number of benzene rings is 8. The second kappa shape index (κ2) is 11.7. The van der Waals surface area contributed by atoms with Crippen LogP contribution in [0.3, 0.4) is 0 Å². The van der Waals surface area contributed by atoms with Crippen LogP contribution in [0.2, 0.25) is 0 Å². The highest BCUT2D eigenvalue weighted by atomic mass is 15.1. The van der Waals surface area contributed by atoms with Crippen molar-refractivity contribution in [2.24, 2.45) is 0 Å². The van der Waals surface area contributed by atoms with Crippen LogP contribution < -0.4 is 4.90 Å². The molecule has 0 aliphatic heterocycles. The highest BCUT2D eigenvalue weighted by Gasteiger charge is 2.40. The van der Waals surface area contributed by atoms with E-state index in [4.69, 9.17) is 0 Å². The van der Waals surface area contributed by atoms with Gasteiger partial charge in [0.05, 0.1) is 5.69 Å². The lowest BCUT2D eigenvalue weighted by Crippen LogP contribution is -2.18. The van der Waals surface area contributed by atoms with Crippen molar-refractivity contribution in [3.63, 3.8) is 0 Å². The second-order valence-electron chi connectivity index (χ2n) is 15.8. The molecule has 0 heterocycles. The van der Waals surface area contributed by atoms with Gasteiger partial charge in [-0.3, -0.25) is 0 Å². The molecule has 8 aromatic rings. The van der Waals surface area contributed by atoms with Gasteiger partial charge in [0, 0.05) is 27.8 Å². The first-order valence-corrected chi connectivity index (χ1v) is 18.8. The Labute approximate surface area is 312 Å². The lowest BCUT2D eigenvalue weighted by atomic mass is 9.80. The Morgan fingerprint density at radius 3 is 1.60 bits per heavy atom. The molecule has 0 aromatic heterocycles. The zero-order valence-electron chi connectivity index (χ0n) is 30.7. The lowest BCUT2D eigenvalue weighted by Gasteiger charge is -2.32. The summed E-state index contributed by atoms with van der Waals surface area (Å²) in [4.78, 5) is 2.56. The van der Waals surface area contributed by atoms with Crippen molar-refractivity contribution in [3.05, 3.63) is 198 Å². The molecule has 0 atom stereocenters. The number of hydrogen-bond acceptors (Lipinski definition) is 1. The van der Waals surface area contributed by atoms with Crippen molar-refractivity contribution in [1.82, 2.24) is 0 Å². The Balaban J connectivity index is 1.32. The molecule has 2 aliphatic carbocycles. The third kappa shape index (κ3) is 4.77. The van der Waals surface area contributed by atoms with Crippen LogP contribution in [0.1, 0.15) is 49.9 Å². The first kappa shape index (κ1) is 31.5. The number of fused-ring (bicyclic) bond motifs is 8. The maximum atomic E-state index is 2.56. The Bertz CT molecular complexity index is 2660. The average Bonchev–Trinajstić information content (AvgIpc) is 3.58. The molecule has 0 amide bonds. The van der Waals surface area contributed by atoms with E-state index in [0.717, 1.165) is 11.4 Å². The minimum absolute atomic E-state index is 0.130. The molecule has 0 unspecified atom stereocenters. The standard InChI is InChI=1S/C52H41N/c1-51(2)45-25-15-13-23-42(45)43-28-27-39(33-47(43)51)53(40-30-37(34-17-7-5-8-18-34)29-38(31-40)35-19-9-6-10-20-35)48-32-36-21-11-12-22-41(36)50-49(48)44-24-14-16-26-46(44)52(50,3)4/h5-33H,1-4H3. The van der Waals surface area contributed by atoms with E-state index in [1.54, 1.807) is 0 Å². The minimum Gasteiger partial charge on any atom is -0.310 e. The molecule has 8 aromatic carbocycles. The Kier molecular flexibility index (Phi) is 6.94. The van der Waals surface area contributed by atoms with E-state index in [-0.39, 0.29) is 10.8 Å². The van der Waals surface area contributed by atoms with Crippen LogP contribution in [0.25, 0.3) is 55.3 Å². The van der Waals surface area contributed by atoms with E-state index in [1.807, 2.05) is 0 Å². The quantitative estimate of drug-likeness (QED) is 0.175. The molecule has 0 bridgehead atoms. The van der Waals surface area contributed by atoms with Crippen molar-refractivity contribution >= 4 is 27.8 Å². The number of nitrogens with zero attached hydrogens (tertiary/aromatic N) is 1. The van der Waals surface area contributed by atoms with Crippen molar-refractivity contribution in [3.8, 4) is 44.5 Å². The monoisotopic (exact) mass is 679 g/mol. The molecular formula is C52H41N. The van der Waals surface area contributed by atoms with Crippen LogP contribution in [0.4, 0.5) is 17.1 Å². The molecule has 53 heavy (non-hydrogen) atoms. The van der Waals surface area contributed by atoms with Crippen molar-refractivity contribution < 1.29 is 0 Å². The minimum atomic E-state index is -0.171. The summed E-state index contributed by atoms with van der Waals surface area (Å²) < 4.78 is 0. The normalized spacial score (nSPS) is 14.3. The predicted molar refractivity (Wildman–Crippen MR) is 225 cm³/mol. The molecule has 10 rings (SSSR count). The Morgan fingerprint density at radius 2 is 0.925 bits per heavy atom. The fourth-order valence-electron chi connectivity index (χ4n) is 9.41. The van der Waals surface area contributed by atoms with Crippen LogP contribution in [0, 0.1) is 0 Å². The van der Waals surface area contributed by atoms with E-state index in [1.165, 1.54) is 83.2 Å². The SMILES string of the molecule is CC1(C)c2ccccc2-c2ccc(N(c3cc(-c4ccccc4)cc(-c4ccccc4)c3)c3cc4ccccc4c4c3-c3ccccc3C4(C)C)cc21. The molecule has 0 saturated carbocycles. The molecule has 0 N–H and O–H groups in total. The van der Waals surface area contributed by atoms with E-state index in [9.17, 15) is 0 Å². The maximum absolute atomic E-state index is 2.56. The number of anilines is 3.